The normalized spacial score (nSPS) is 19.6. The highest BCUT2D eigenvalue weighted by molar-refractivity contribution is 9.10. The predicted molar refractivity (Wildman–Crippen MR) is 144 cm³/mol. The van der Waals surface area contributed by atoms with Crippen molar-refractivity contribution in [2.45, 2.75) is 29.8 Å². The van der Waals surface area contributed by atoms with Gasteiger partial charge in [0.05, 0.1) is 10.9 Å². The van der Waals surface area contributed by atoms with Crippen molar-refractivity contribution in [3.8, 4) is 0 Å². The molecule has 0 spiro atoms. The summed E-state index contributed by atoms with van der Waals surface area (Å²) in [7, 11) is -3.73. The number of hydrogen-bond donors (Lipinski definition) is 0. The molecule has 188 valence electrons. The second-order valence-electron chi connectivity index (χ2n) is 9.31. The van der Waals surface area contributed by atoms with Crippen LogP contribution in [0.3, 0.4) is 0 Å². The predicted octanol–water partition coefficient (Wildman–Crippen LogP) is 4.54. The lowest BCUT2D eigenvalue weighted by atomic mass is 9.96. The van der Waals surface area contributed by atoms with Gasteiger partial charge in [0.1, 0.15) is 6.04 Å². The molecule has 3 aromatic carbocycles. The van der Waals surface area contributed by atoms with Crippen molar-refractivity contribution >= 4 is 31.9 Å². The van der Waals surface area contributed by atoms with Crippen LogP contribution in [0.4, 0.5) is 0 Å². The lowest BCUT2D eigenvalue weighted by molar-refractivity contribution is -0.136. The molecule has 8 heteroatoms. The van der Waals surface area contributed by atoms with Crippen molar-refractivity contribution < 1.29 is 13.2 Å². The Kier molecular flexibility index (Phi) is 7.57. The monoisotopic (exact) mass is 567 g/mol. The number of hydrogen-bond acceptors (Lipinski definition) is 4. The number of sulfonamides is 1. The van der Waals surface area contributed by atoms with Gasteiger partial charge in [-0.2, -0.15) is 4.31 Å². The highest BCUT2D eigenvalue weighted by atomic mass is 79.9. The van der Waals surface area contributed by atoms with Crippen molar-refractivity contribution in [3.63, 3.8) is 0 Å². The summed E-state index contributed by atoms with van der Waals surface area (Å²) in [6.07, 6.45) is 1.25. The fourth-order valence-corrected chi connectivity index (χ4v) is 7.23. The minimum absolute atomic E-state index is 0.0798. The number of halogens is 1. The van der Waals surface area contributed by atoms with Crippen LogP contribution in [-0.2, 0) is 14.8 Å². The van der Waals surface area contributed by atoms with E-state index >= 15 is 0 Å². The number of carbonyl (C=O) groups excluding carboxylic acids is 1. The van der Waals surface area contributed by atoms with E-state index in [0.717, 1.165) is 17.6 Å². The zero-order valence-corrected chi connectivity index (χ0v) is 22.4. The van der Waals surface area contributed by atoms with Gasteiger partial charge in [-0.25, -0.2) is 8.42 Å². The maximum absolute atomic E-state index is 13.6. The third-order valence-electron chi connectivity index (χ3n) is 7.13. The molecule has 3 aromatic rings. The topological polar surface area (TPSA) is 60.9 Å². The average molecular weight is 569 g/mol. The molecule has 2 fully saturated rings. The van der Waals surface area contributed by atoms with E-state index in [0.29, 0.717) is 32.5 Å². The van der Waals surface area contributed by atoms with Crippen LogP contribution in [0.15, 0.2) is 94.3 Å². The van der Waals surface area contributed by atoms with Crippen LogP contribution in [0.5, 0.6) is 0 Å². The van der Waals surface area contributed by atoms with Crippen LogP contribution in [0.1, 0.15) is 30.0 Å². The fourth-order valence-electron chi connectivity index (χ4n) is 5.31. The van der Waals surface area contributed by atoms with Gasteiger partial charge in [0.2, 0.25) is 15.9 Å². The molecular formula is C28H30BrN3O3S. The zero-order chi connectivity index (χ0) is 25.1. The largest absolute Gasteiger partial charge is 0.339 e. The van der Waals surface area contributed by atoms with Gasteiger partial charge in [-0.15, -0.1) is 0 Å². The molecule has 1 unspecified atom stereocenters. The van der Waals surface area contributed by atoms with Gasteiger partial charge in [-0.3, -0.25) is 9.69 Å². The van der Waals surface area contributed by atoms with Gasteiger partial charge >= 0.3 is 0 Å². The first-order valence-electron chi connectivity index (χ1n) is 12.4. The summed E-state index contributed by atoms with van der Waals surface area (Å²) in [5, 5.41) is 0. The van der Waals surface area contributed by atoms with Crippen LogP contribution in [-0.4, -0.2) is 67.2 Å². The van der Waals surface area contributed by atoms with Gasteiger partial charge in [0.15, 0.2) is 0 Å². The highest BCUT2D eigenvalue weighted by Gasteiger charge is 2.42. The Hall–Kier alpha value is -2.52. The standard InChI is InChI=1S/C28H30BrN3O3S/c29-24-13-15-25(16-14-24)36(34,35)32-17-7-12-26(32)28(33)31-20-18-30(19-21-31)27(22-8-3-1-4-9-22)23-10-5-2-6-11-23/h1-6,8-11,13-16,26-27H,7,12,17-21H2. The SMILES string of the molecule is O=C(C1CCCN1S(=O)(=O)c1ccc(Br)cc1)N1CCN(C(c2ccccc2)c2ccccc2)CC1. The first kappa shape index (κ1) is 25.1. The number of nitrogens with zero attached hydrogens (tertiary/aromatic N) is 3. The Balaban J connectivity index is 1.30. The Morgan fingerprint density at radius 3 is 1.89 bits per heavy atom. The van der Waals surface area contributed by atoms with Crippen LogP contribution in [0, 0.1) is 0 Å². The molecule has 0 bridgehead atoms. The molecule has 2 saturated heterocycles. The maximum Gasteiger partial charge on any atom is 0.243 e. The highest BCUT2D eigenvalue weighted by Crippen LogP contribution is 2.31. The lowest BCUT2D eigenvalue weighted by Crippen LogP contribution is -2.54. The Morgan fingerprint density at radius 2 is 1.33 bits per heavy atom. The quantitative estimate of drug-likeness (QED) is 0.439. The number of benzene rings is 3. The average Bonchev–Trinajstić information content (AvgIpc) is 3.42. The van der Waals surface area contributed by atoms with Gasteiger partial charge < -0.3 is 4.90 Å². The van der Waals surface area contributed by atoms with E-state index in [2.05, 4.69) is 69.4 Å². The van der Waals surface area contributed by atoms with Gasteiger partial charge in [0, 0.05) is 37.2 Å². The number of piperazine rings is 1. The Labute approximate surface area is 221 Å². The molecule has 1 atom stereocenters. The van der Waals surface area contributed by atoms with Gasteiger partial charge in [-0.05, 0) is 48.2 Å². The van der Waals surface area contributed by atoms with Crippen molar-refractivity contribution in [2.75, 3.05) is 32.7 Å². The van der Waals surface area contributed by atoms with Crippen molar-refractivity contribution in [3.05, 3.63) is 101 Å². The second-order valence-corrected chi connectivity index (χ2v) is 12.1. The van der Waals surface area contributed by atoms with Crippen LogP contribution in [0.25, 0.3) is 0 Å². The summed E-state index contributed by atoms with van der Waals surface area (Å²) < 4.78 is 28.9. The number of rotatable bonds is 6. The molecular weight excluding hydrogens is 538 g/mol. The van der Waals surface area contributed by atoms with Gasteiger partial charge in [-0.1, -0.05) is 76.6 Å². The van der Waals surface area contributed by atoms with Crippen molar-refractivity contribution in [1.29, 1.82) is 0 Å². The first-order valence-corrected chi connectivity index (χ1v) is 14.6. The summed E-state index contributed by atoms with van der Waals surface area (Å²) in [4.78, 5) is 18.0. The van der Waals surface area contributed by atoms with E-state index in [-0.39, 0.29) is 16.8 Å². The molecule has 36 heavy (non-hydrogen) atoms. The third-order valence-corrected chi connectivity index (χ3v) is 9.58. The maximum atomic E-state index is 13.6. The molecule has 5 rings (SSSR count). The zero-order valence-electron chi connectivity index (χ0n) is 20.0. The van der Waals surface area contributed by atoms with Gasteiger partial charge in [0.25, 0.3) is 0 Å². The van der Waals surface area contributed by atoms with Crippen LogP contribution >= 0.6 is 15.9 Å². The van der Waals surface area contributed by atoms with Crippen LogP contribution in [0.2, 0.25) is 0 Å². The summed E-state index contributed by atoms with van der Waals surface area (Å²) in [6, 6.07) is 27.0. The molecule has 2 aliphatic heterocycles. The van der Waals surface area contributed by atoms with E-state index < -0.39 is 16.1 Å². The number of carbonyl (C=O) groups is 1. The van der Waals surface area contributed by atoms with Crippen molar-refractivity contribution in [2.24, 2.45) is 0 Å². The molecule has 0 aromatic heterocycles. The van der Waals surface area contributed by atoms with E-state index in [1.165, 1.54) is 15.4 Å². The first-order chi connectivity index (χ1) is 17.4. The molecule has 0 radical (unpaired) electrons. The van der Waals surface area contributed by atoms with E-state index in [1.54, 1.807) is 24.3 Å². The summed E-state index contributed by atoms with van der Waals surface area (Å²) >= 11 is 3.35. The van der Waals surface area contributed by atoms with Crippen molar-refractivity contribution in [1.82, 2.24) is 14.1 Å². The summed E-state index contributed by atoms with van der Waals surface area (Å²) in [5.41, 5.74) is 2.46. The minimum Gasteiger partial charge on any atom is -0.339 e. The molecule has 1 amide bonds. The molecule has 0 aliphatic carbocycles. The van der Waals surface area contributed by atoms with E-state index in [4.69, 9.17) is 0 Å². The lowest BCUT2D eigenvalue weighted by Gasteiger charge is -2.41. The third kappa shape index (κ3) is 5.13. The molecule has 2 aliphatic rings. The van der Waals surface area contributed by atoms with Crippen LogP contribution < -0.4 is 0 Å². The Bertz CT molecular complexity index is 1240. The number of amides is 1. The summed E-state index contributed by atoms with van der Waals surface area (Å²) in [6.45, 7) is 2.99. The van der Waals surface area contributed by atoms with E-state index in [9.17, 15) is 13.2 Å². The second kappa shape index (κ2) is 10.8. The fraction of sp³-hybridized carbons (Fsp3) is 0.321. The molecule has 0 saturated carbocycles. The summed E-state index contributed by atoms with van der Waals surface area (Å²) in [5.74, 6) is -0.0798. The smallest absolute Gasteiger partial charge is 0.243 e. The minimum atomic E-state index is -3.73. The molecule has 6 nitrogen and oxygen atoms in total. The molecule has 2 heterocycles. The Morgan fingerprint density at radius 1 is 0.778 bits per heavy atom. The molecule has 0 N–H and O–H groups in total. The van der Waals surface area contributed by atoms with E-state index in [1.807, 2.05) is 17.0 Å².